The van der Waals surface area contributed by atoms with Crippen LogP contribution in [0.4, 0.5) is 0 Å². The zero-order valence-electron chi connectivity index (χ0n) is 11.0. The Kier molecular flexibility index (Phi) is 5.00. The van der Waals surface area contributed by atoms with Crippen molar-refractivity contribution in [3.8, 4) is 5.75 Å². The Hall–Kier alpha value is -1.56. The van der Waals surface area contributed by atoms with Gasteiger partial charge in [0.1, 0.15) is 5.75 Å². The summed E-state index contributed by atoms with van der Waals surface area (Å²) in [4.78, 5) is 11.4. The van der Waals surface area contributed by atoms with Crippen LogP contribution in [0.3, 0.4) is 0 Å². The molecule has 0 radical (unpaired) electrons. The molecule has 0 aliphatic rings. The van der Waals surface area contributed by atoms with Crippen LogP contribution in [0.25, 0.3) is 0 Å². The maximum atomic E-state index is 11.4. The van der Waals surface area contributed by atoms with E-state index in [-0.39, 0.29) is 0 Å². The highest BCUT2D eigenvalue weighted by Gasteiger charge is 2.20. The van der Waals surface area contributed by atoms with E-state index in [0.29, 0.717) is 12.2 Å². The van der Waals surface area contributed by atoms with Crippen molar-refractivity contribution < 1.29 is 14.6 Å². The number of hydrogen-bond acceptors (Lipinski definition) is 2. The Bertz CT molecular complexity index is 593. The molecule has 0 saturated carbocycles. The summed E-state index contributed by atoms with van der Waals surface area (Å²) in [6.45, 7) is 1.90. The minimum absolute atomic E-state index is 0.348. The molecule has 0 heterocycles. The third-order valence-corrected chi connectivity index (χ3v) is 3.69. The highest BCUT2D eigenvalue weighted by atomic mass is 127. The van der Waals surface area contributed by atoms with Gasteiger partial charge in [-0.05, 0) is 58.8 Å². The molecule has 1 atom stereocenters. The van der Waals surface area contributed by atoms with E-state index in [9.17, 15) is 9.90 Å². The molecule has 0 bridgehead atoms. The number of ether oxygens (including phenoxy) is 1. The number of para-hydroxylation sites is 1. The van der Waals surface area contributed by atoms with Crippen LogP contribution in [0, 0.1) is 10.5 Å². The topological polar surface area (TPSA) is 46.5 Å². The van der Waals surface area contributed by atoms with Crippen molar-refractivity contribution in [1.82, 2.24) is 0 Å². The molecule has 3 nitrogen and oxygen atoms in total. The van der Waals surface area contributed by atoms with Gasteiger partial charge in [0.2, 0.25) is 0 Å². The highest BCUT2D eigenvalue weighted by molar-refractivity contribution is 14.1. The summed E-state index contributed by atoms with van der Waals surface area (Å²) in [7, 11) is 0. The van der Waals surface area contributed by atoms with E-state index < -0.39 is 12.1 Å². The normalized spacial score (nSPS) is 11.9. The Morgan fingerprint density at radius 2 is 1.85 bits per heavy atom. The largest absolute Gasteiger partial charge is 0.478 e. The molecule has 20 heavy (non-hydrogen) atoms. The second-order valence-corrected chi connectivity index (χ2v) is 5.79. The molecule has 0 aromatic heterocycles. The van der Waals surface area contributed by atoms with Crippen LogP contribution in [0.15, 0.2) is 48.5 Å². The molecule has 104 valence electrons. The number of aliphatic carboxylic acids is 1. The zero-order chi connectivity index (χ0) is 14.5. The van der Waals surface area contributed by atoms with Gasteiger partial charge >= 0.3 is 5.97 Å². The number of aryl methyl sites for hydroxylation is 1. The second-order valence-electron chi connectivity index (χ2n) is 4.54. The maximum Gasteiger partial charge on any atom is 0.345 e. The van der Waals surface area contributed by atoms with Crippen molar-refractivity contribution in [2.45, 2.75) is 19.4 Å². The first-order valence-corrected chi connectivity index (χ1v) is 7.33. The number of carboxylic acids is 1. The average Bonchev–Trinajstić information content (AvgIpc) is 2.42. The molecule has 0 saturated heterocycles. The minimum atomic E-state index is -0.952. The first-order chi connectivity index (χ1) is 9.56. The molecule has 0 amide bonds. The van der Waals surface area contributed by atoms with Crippen molar-refractivity contribution in [1.29, 1.82) is 0 Å². The summed E-state index contributed by atoms with van der Waals surface area (Å²) in [5.74, 6) is -0.336. The third kappa shape index (κ3) is 3.96. The molecule has 0 aliphatic heterocycles. The molecule has 0 fully saturated rings. The van der Waals surface area contributed by atoms with E-state index in [4.69, 9.17) is 4.74 Å². The summed E-state index contributed by atoms with van der Waals surface area (Å²) in [5, 5.41) is 9.31. The smallest absolute Gasteiger partial charge is 0.345 e. The average molecular weight is 382 g/mol. The number of benzene rings is 2. The molecule has 1 unspecified atom stereocenters. The number of halogens is 1. The van der Waals surface area contributed by atoms with Crippen LogP contribution in [-0.2, 0) is 11.2 Å². The van der Waals surface area contributed by atoms with Crippen molar-refractivity contribution in [2.24, 2.45) is 0 Å². The molecule has 2 aromatic carbocycles. The van der Waals surface area contributed by atoms with Crippen LogP contribution < -0.4 is 4.74 Å². The van der Waals surface area contributed by atoms with Gasteiger partial charge in [-0.3, -0.25) is 0 Å². The number of hydrogen-bond donors (Lipinski definition) is 1. The molecule has 2 aromatic rings. The lowest BCUT2D eigenvalue weighted by Crippen LogP contribution is -2.29. The monoisotopic (exact) mass is 382 g/mol. The lowest BCUT2D eigenvalue weighted by molar-refractivity contribution is -0.145. The number of carboxylic acid groups (broad SMARTS) is 1. The highest BCUT2D eigenvalue weighted by Crippen LogP contribution is 2.19. The lowest BCUT2D eigenvalue weighted by Gasteiger charge is -2.16. The Morgan fingerprint density at radius 3 is 2.45 bits per heavy atom. The van der Waals surface area contributed by atoms with Crippen molar-refractivity contribution in [3.05, 3.63) is 63.2 Å². The molecule has 0 aliphatic carbocycles. The van der Waals surface area contributed by atoms with E-state index in [1.54, 1.807) is 6.07 Å². The Balaban J connectivity index is 2.14. The van der Waals surface area contributed by atoms with Gasteiger partial charge in [0.25, 0.3) is 0 Å². The van der Waals surface area contributed by atoms with E-state index in [1.807, 2.05) is 49.4 Å². The lowest BCUT2D eigenvalue weighted by atomic mass is 10.1. The Morgan fingerprint density at radius 1 is 1.20 bits per heavy atom. The van der Waals surface area contributed by atoms with Gasteiger partial charge in [-0.15, -0.1) is 0 Å². The minimum Gasteiger partial charge on any atom is -0.478 e. The SMILES string of the molecule is Cc1ccccc1OC(Cc1ccc(I)cc1)C(=O)O. The summed E-state index contributed by atoms with van der Waals surface area (Å²) < 4.78 is 6.76. The van der Waals surface area contributed by atoms with Crippen molar-refractivity contribution in [3.63, 3.8) is 0 Å². The van der Waals surface area contributed by atoms with Gasteiger partial charge in [0, 0.05) is 9.99 Å². The molecule has 0 spiro atoms. The van der Waals surface area contributed by atoms with Gasteiger partial charge in [0.15, 0.2) is 6.10 Å². The summed E-state index contributed by atoms with van der Waals surface area (Å²) in [6, 6.07) is 15.2. The number of carbonyl (C=O) groups is 1. The van der Waals surface area contributed by atoms with Crippen LogP contribution in [-0.4, -0.2) is 17.2 Å². The third-order valence-electron chi connectivity index (χ3n) is 2.97. The first kappa shape index (κ1) is 14.8. The van der Waals surface area contributed by atoms with E-state index >= 15 is 0 Å². The van der Waals surface area contributed by atoms with Crippen LogP contribution in [0.2, 0.25) is 0 Å². The molecule has 2 rings (SSSR count). The van der Waals surface area contributed by atoms with Gasteiger partial charge in [-0.1, -0.05) is 30.3 Å². The number of rotatable bonds is 5. The van der Waals surface area contributed by atoms with E-state index in [2.05, 4.69) is 22.6 Å². The summed E-state index contributed by atoms with van der Waals surface area (Å²) in [5.41, 5.74) is 1.88. The predicted octanol–water partition coefficient (Wildman–Crippen LogP) is 3.67. The first-order valence-electron chi connectivity index (χ1n) is 6.26. The molecule has 4 heteroatoms. The maximum absolute atomic E-state index is 11.4. The second kappa shape index (κ2) is 6.74. The van der Waals surface area contributed by atoms with Crippen LogP contribution in [0.5, 0.6) is 5.75 Å². The zero-order valence-corrected chi connectivity index (χ0v) is 13.2. The van der Waals surface area contributed by atoms with Crippen LogP contribution in [0.1, 0.15) is 11.1 Å². The van der Waals surface area contributed by atoms with Crippen molar-refractivity contribution >= 4 is 28.6 Å². The van der Waals surface area contributed by atoms with E-state index in [0.717, 1.165) is 14.7 Å². The standard InChI is InChI=1S/C16H15IO3/c1-11-4-2-3-5-14(11)20-15(16(18)19)10-12-6-8-13(17)9-7-12/h2-9,15H,10H2,1H3,(H,18,19). The van der Waals surface area contributed by atoms with Crippen LogP contribution >= 0.6 is 22.6 Å². The predicted molar refractivity (Wildman–Crippen MR) is 86.1 cm³/mol. The summed E-state index contributed by atoms with van der Waals surface area (Å²) >= 11 is 2.22. The van der Waals surface area contributed by atoms with Crippen molar-refractivity contribution in [2.75, 3.05) is 0 Å². The fraction of sp³-hybridized carbons (Fsp3) is 0.188. The Labute approximate surface area is 131 Å². The molecule has 1 N–H and O–H groups in total. The van der Waals surface area contributed by atoms with E-state index in [1.165, 1.54) is 0 Å². The fourth-order valence-corrected chi connectivity index (χ4v) is 2.22. The van der Waals surface area contributed by atoms with Gasteiger partial charge < -0.3 is 9.84 Å². The summed E-state index contributed by atoms with van der Waals surface area (Å²) in [6.07, 6.45) is -0.531. The van der Waals surface area contributed by atoms with Gasteiger partial charge in [0.05, 0.1) is 0 Å². The fourth-order valence-electron chi connectivity index (χ4n) is 1.86. The van der Waals surface area contributed by atoms with Gasteiger partial charge in [-0.25, -0.2) is 4.79 Å². The van der Waals surface area contributed by atoms with Gasteiger partial charge in [-0.2, -0.15) is 0 Å². The molecular weight excluding hydrogens is 367 g/mol. The quantitative estimate of drug-likeness (QED) is 0.803. The molecular formula is C16H15IO3.